The summed E-state index contributed by atoms with van der Waals surface area (Å²) in [5.41, 5.74) is 1.71. The molecule has 1 N–H and O–H groups in total. The number of fused-ring (bicyclic) bond motifs is 1. The first-order chi connectivity index (χ1) is 15.6. The zero-order valence-corrected chi connectivity index (χ0v) is 18.1. The van der Waals surface area contributed by atoms with Gasteiger partial charge in [0.05, 0.1) is 13.2 Å². The fraction of sp³-hybridized carbons (Fsp3) is 0.440. The van der Waals surface area contributed by atoms with E-state index in [1.165, 1.54) is 18.9 Å². The second kappa shape index (κ2) is 8.81. The molecule has 2 atom stereocenters. The maximum absolute atomic E-state index is 14.0. The molecule has 1 saturated carbocycles. The van der Waals surface area contributed by atoms with E-state index in [-0.39, 0.29) is 29.4 Å². The Labute approximate surface area is 186 Å². The average molecular weight is 438 g/mol. The molecule has 32 heavy (non-hydrogen) atoms. The first-order valence-electron chi connectivity index (χ1n) is 11.3. The van der Waals surface area contributed by atoms with Gasteiger partial charge in [0.25, 0.3) is 0 Å². The van der Waals surface area contributed by atoms with Gasteiger partial charge < -0.3 is 19.2 Å². The molecule has 2 aliphatic rings. The number of aromatic nitrogens is 1. The third kappa shape index (κ3) is 4.16. The summed E-state index contributed by atoms with van der Waals surface area (Å²) >= 11 is 0. The number of rotatable bonds is 6. The van der Waals surface area contributed by atoms with Crippen LogP contribution in [-0.4, -0.2) is 30.6 Å². The Hall–Kier alpha value is -3.09. The van der Waals surface area contributed by atoms with Gasteiger partial charge in [0.1, 0.15) is 5.52 Å². The number of para-hydroxylation sites is 1. The first kappa shape index (κ1) is 20.8. The van der Waals surface area contributed by atoms with Gasteiger partial charge in [-0.25, -0.2) is 9.37 Å². The molecule has 1 aromatic heterocycles. The van der Waals surface area contributed by atoms with Crippen molar-refractivity contribution in [3.05, 3.63) is 53.7 Å². The molecule has 2 aromatic carbocycles. The highest BCUT2D eigenvalue weighted by Gasteiger charge is 2.31. The van der Waals surface area contributed by atoms with Crippen molar-refractivity contribution in [3.8, 4) is 11.5 Å². The number of amides is 1. The predicted octanol–water partition coefficient (Wildman–Crippen LogP) is 4.76. The van der Waals surface area contributed by atoms with Crippen molar-refractivity contribution in [1.82, 2.24) is 10.3 Å². The van der Waals surface area contributed by atoms with Gasteiger partial charge in [-0.05, 0) is 61.9 Å². The van der Waals surface area contributed by atoms with Crippen LogP contribution in [0.3, 0.4) is 0 Å². The van der Waals surface area contributed by atoms with Crippen LogP contribution in [0, 0.1) is 11.7 Å². The molecule has 1 aliphatic carbocycles. The number of methoxy groups -OCH3 is 1. The maximum atomic E-state index is 14.0. The van der Waals surface area contributed by atoms with Crippen LogP contribution in [0.4, 0.5) is 4.39 Å². The van der Waals surface area contributed by atoms with Crippen LogP contribution in [0.1, 0.15) is 49.5 Å². The molecule has 168 valence electrons. The molecule has 0 bridgehead atoms. The zero-order valence-electron chi connectivity index (χ0n) is 18.1. The van der Waals surface area contributed by atoms with E-state index in [2.05, 4.69) is 10.3 Å². The second-order valence-electron chi connectivity index (χ2n) is 8.71. The summed E-state index contributed by atoms with van der Waals surface area (Å²) in [6.07, 6.45) is 5.75. The number of piperidine rings is 1. The molecule has 1 aliphatic heterocycles. The van der Waals surface area contributed by atoms with Gasteiger partial charge in [-0.1, -0.05) is 12.1 Å². The van der Waals surface area contributed by atoms with E-state index < -0.39 is 5.82 Å². The molecule has 0 radical (unpaired) electrons. The summed E-state index contributed by atoms with van der Waals surface area (Å²) in [5, 5.41) is 3.01. The van der Waals surface area contributed by atoms with Gasteiger partial charge in [-0.2, -0.15) is 0 Å². The number of ether oxygens (including phenoxy) is 2. The van der Waals surface area contributed by atoms with Gasteiger partial charge >= 0.3 is 0 Å². The molecule has 3 aromatic rings. The van der Waals surface area contributed by atoms with Crippen LogP contribution >= 0.6 is 0 Å². The van der Waals surface area contributed by atoms with Gasteiger partial charge in [0.2, 0.25) is 5.91 Å². The highest BCUT2D eigenvalue weighted by Crippen LogP contribution is 2.37. The Morgan fingerprint density at radius 2 is 2.03 bits per heavy atom. The van der Waals surface area contributed by atoms with Gasteiger partial charge in [0, 0.05) is 24.8 Å². The molecular formula is C25H27FN2O4. The van der Waals surface area contributed by atoms with E-state index in [0.717, 1.165) is 29.9 Å². The van der Waals surface area contributed by atoms with Crippen molar-refractivity contribution < 1.29 is 23.1 Å². The first-order valence-corrected chi connectivity index (χ1v) is 11.3. The van der Waals surface area contributed by atoms with E-state index in [1.807, 2.05) is 18.2 Å². The maximum Gasteiger partial charge on any atom is 0.223 e. The minimum absolute atomic E-state index is 0.0279. The third-order valence-electron chi connectivity index (χ3n) is 6.55. The third-order valence-corrected chi connectivity index (χ3v) is 6.55. The fourth-order valence-corrected chi connectivity index (χ4v) is 4.82. The highest BCUT2D eigenvalue weighted by atomic mass is 19.1. The fourth-order valence-electron chi connectivity index (χ4n) is 4.82. The Morgan fingerprint density at radius 1 is 1.19 bits per heavy atom. The highest BCUT2D eigenvalue weighted by molar-refractivity contribution is 5.80. The number of carbonyl (C=O) groups excluding carboxylic acids is 1. The second-order valence-corrected chi connectivity index (χ2v) is 8.71. The SMILES string of the molecule is COc1ccc([C@H]2CNC(=O)[C@H](Cc3nc4c(F)cccc4o3)C2)cc1OC1CCCC1. The minimum Gasteiger partial charge on any atom is -0.493 e. The van der Waals surface area contributed by atoms with Crippen molar-refractivity contribution in [2.75, 3.05) is 13.7 Å². The molecule has 2 fully saturated rings. The van der Waals surface area contributed by atoms with Gasteiger partial charge in [-0.15, -0.1) is 0 Å². The number of oxazole rings is 1. The number of halogens is 1. The summed E-state index contributed by atoms with van der Waals surface area (Å²) in [4.78, 5) is 16.8. The molecule has 1 saturated heterocycles. The lowest BCUT2D eigenvalue weighted by molar-refractivity contribution is -0.127. The van der Waals surface area contributed by atoms with Crippen LogP contribution in [0.25, 0.3) is 11.1 Å². The number of nitrogens with one attached hydrogen (secondary N) is 1. The van der Waals surface area contributed by atoms with E-state index >= 15 is 0 Å². The van der Waals surface area contributed by atoms with E-state index in [9.17, 15) is 9.18 Å². The number of hydrogen-bond donors (Lipinski definition) is 1. The molecule has 0 unspecified atom stereocenters. The molecule has 7 heteroatoms. The van der Waals surface area contributed by atoms with E-state index in [0.29, 0.717) is 30.9 Å². The standard InChI is InChI=1S/C25H27FN2O4/c1-30-20-10-9-15(12-22(20)31-18-5-2-3-6-18)17-11-16(25(29)27-14-17)13-23-28-24-19(26)7-4-8-21(24)32-23/h4,7-10,12,16-18H,2-3,5-6,11,13-14H2,1H3,(H,27,29)/t16-,17+/m0/s1. The predicted molar refractivity (Wildman–Crippen MR) is 117 cm³/mol. The van der Waals surface area contributed by atoms with Crippen LogP contribution in [0.2, 0.25) is 0 Å². The van der Waals surface area contributed by atoms with Gasteiger partial charge in [-0.3, -0.25) is 4.79 Å². The summed E-state index contributed by atoms with van der Waals surface area (Å²) < 4.78 is 31.4. The number of nitrogens with zero attached hydrogens (tertiary/aromatic N) is 1. The molecule has 1 amide bonds. The number of carbonyl (C=O) groups is 1. The molecule has 6 nitrogen and oxygen atoms in total. The number of hydrogen-bond acceptors (Lipinski definition) is 5. The lowest BCUT2D eigenvalue weighted by Crippen LogP contribution is -2.41. The Balaban J connectivity index is 1.34. The summed E-state index contributed by atoms with van der Waals surface area (Å²) in [5.74, 6) is 1.26. The quantitative estimate of drug-likeness (QED) is 0.601. The molecule has 0 spiro atoms. The summed E-state index contributed by atoms with van der Waals surface area (Å²) in [7, 11) is 1.65. The van der Waals surface area contributed by atoms with E-state index in [4.69, 9.17) is 13.9 Å². The lowest BCUT2D eigenvalue weighted by Gasteiger charge is -2.29. The van der Waals surface area contributed by atoms with Gasteiger partial charge in [0.15, 0.2) is 28.8 Å². The molecule has 2 heterocycles. The number of benzene rings is 2. The lowest BCUT2D eigenvalue weighted by atomic mass is 9.83. The van der Waals surface area contributed by atoms with Crippen molar-refractivity contribution >= 4 is 17.0 Å². The van der Waals surface area contributed by atoms with Crippen LogP contribution in [0.5, 0.6) is 11.5 Å². The van der Waals surface area contributed by atoms with E-state index in [1.54, 1.807) is 19.2 Å². The van der Waals surface area contributed by atoms with Crippen molar-refractivity contribution in [1.29, 1.82) is 0 Å². The summed E-state index contributed by atoms with van der Waals surface area (Å²) in [6.45, 7) is 0.562. The van der Waals surface area contributed by atoms with Crippen molar-refractivity contribution in [2.24, 2.45) is 5.92 Å². The van der Waals surface area contributed by atoms with Crippen LogP contribution in [0.15, 0.2) is 40.8 Å². The normalized spacial score (nSPS) is 21.6. The Bertz CT molecular complexity index is 1120. The largest absolute Gasteiger partial charge is 0.493 e. The average Bonchev–Trinajstić information content (AvgIpc) is 3.45. The van der Waals surface area contributed by atoms with Crippen molar-refractivity contribution in [2.45, 2.75) is 50.5 Å². The zero-order chi connectivity index (χ0) is 22.1. The smallest absolute Gasteiger partial charge is 0.223 e. The van der Waals surface area contributed by atoms with Crippen LogP contribution < -0.4 is 14.8 Å². The summed E-state index contributed by atoms with van der Waals surface area (Å²) in [6, 6.07) is 10.6. The Morgan fingerprint density at radius 3 is 2.81 bits per heavy atom. The monoisotopic (exact) mass is 438 g/mol. The Kier molecular flexibility index (Phi) is 5.72. The minimum atomic E-state index is -0.420. The van der Waals surface area contributed by atoms with Crippen molar-refractivity contribution in [3.63, 3.8) is 0 Å². The molecule has 5 rings (SSSR count). The molecular weight excluding hydrogens is 411 g/mol. The topological polar surface area (TPSA) is 73.6 Å². The van der Waals surface area contributed by atoms with Crippen LogP contribution in [-0.2, 0) is 11.2 Å².